The Hall–Kier alpha value is -3.52. The molecule has 1 amide bonds. The average Bonchev–Trinajstić information content (AvgIpc) is 2.70. The van der Waals surface area contributed by atoms with Crippen LogP contribution in [0, 0.1) is 5.82 Å². The minimum absolute atomic E-state index is 0.0287. The molecule has 0 aliphatic rings. The third kappa shape index (κ3) is 5.73. The predicted octanol–water partition coefficient (Wildman–Crippen LogP) is 5.19. The molecular formula is C21H17F2N3O2S. The molecule has 0 radical (unpaired) electrons. The second kappa shape index (κ2) is 9.61. The summed E-state index contributed by atoms with van der Waals surface area (Å²) in [6.07, 6.45) is 0. The SMILES string of the molecule is O=C(Nc1ccc(NC(=S)Nc2cccc(OCF)c2)cc1)c1ccccc1F. The molecule has 3 N–H and O–H groups in total. The third-order valence-electron chi connectivity index (χ3n) is 3.83. The molecule has 148 valence electrons. The van der Waals surface area contributed by atoms with Gasteiger partial charge in [-0.1, -0.05) is 18.2 Å². The molecule has 0 heterocycles. The van der Waals surface area contributed by atoms with E-state index >= 15 is 0 Å². The number of carbonyl (C=O) groups is 1. The largest absolute Gasteiger partial charge is 0.463 e. The van der Waals surface area contributed by atoms with Crippen LogP contribution < -0.4 is 20.7 Å². The van der Waals surface area contributed by atoms with Gasteiger partial charge in [0.25, 0.3) is 5.91 Å². The number of hydrogen-bond donors (Lipinski definition) is 3. The molecule has 0 saturated heterocycles. The molecule has 0 aliphatic carbocycles. The Kier molecular flexibility index (Phi) is 6.70. The van der Waals surface area contributed by atoms with Crippen LogP contribution in [0.15, 0.2) is 72.8 Å². The van der Waals surface area contributed by atoms with Crippen LogP contribution in [0.2, 0.25) is 0 Å². The monoisotopic (exact) mass is 413 g/mol. The van der Waals surface area contributed by atoms with Gasteiger partial charge in [-0.15, -0.1) is 0 Å². The summed E-state index contributed by atoms with van der Waals surface area (Å²) in [5.41, 5.74) is 1.81. The molecule has 0 unspecified atom stereocenters. The Morgan fingerprint density at radius 3 is 2.21 bits per heavy atom. The first-order valence-electron chi connectivity index (χ1n) is 8.58. The molecular weight excluding hydrogens is 396 g/mol. The molecule has 0 saturated carbocycles. The van der Waals surface area contributed by atoms with Crippen molar-refractivity contribution in [3.63, 3.8) is 0 Å². The molecule has 0 spiro atoms. The van der Waals surface area contributed by atoms with Gasteiger partial charge in [0, 0.05) is 23.1 Å². The predicted molar refractivity (Wildman–Crippen MR) is 114 cm³/mol. The lowest BCUT2D eigenvalue weighted by Crippen LogP contribution is -2.19. The fraction of sp³-hybridized carbons (Fsp3) is 0.0476. The first kappa shape index (κ1) is 20.2. The molecule has 3 aromatic rings. The van der Waals surface area contributed by atoms with Crippen molar-refractivity contribution < 1.29 is 18.3 Å². The van der Waals surface area contributed by atoms with Crippen LogP contribution in [0.25, 0.3) is 0 Å². The fourth-order valence-corrected chi connectivity index (χ4v) is 2.74. The van der Waals surface area contributed by atoms with E-state index < -0.39 is 18.6 Å². The van der Waals surface area contributed by atoms with Crippen LogP contribution in [0.1, 0.15) is 10.4 Å². The highest BCUT2D eigenvalue weighted by atomic mass is 32.1. The lowest BCUT2D eigenvalue weighted by atomic mass is 10.2. The van der Waals surface area contributed by atoms with Crippen LogP contribution in [-0.2, 0) is 0 Å². The zero-order chi connectivity index (χ0) is 20.6. The summed E-state index contributed by atoms with van der Waals surface area (Å²) in [5, 5.41) is 8.93. The Balaban J connectivity index is 1.57. The Morgan fingerprint density at radius 1 is 0.862 bits per heavy atom. The summed E-state index contributed by atoms with van der Waals surface area (Å²) in [4.78, 5) is 12.1. The first-order chi connectivity index (χ1) is 14.0. The van der Waals surface area contributed by atoms with Gasteiger partial charge in [-0.05, 0) is 60.7 Å². The van der Waals surface area contributed by atoms with Crippen LogP contribution in [-0.4, -0.2) is 17.9 Å². The van der Waals surface area contributed by atoms with E-state index in [9.17, 15) is 13.6 Å². The molecule has 3 aromatic carbocycles. The van der Waals surface area contributed by atoms with Gasteiger partial charge in [-0.3, -0.25) is 4.79 Å². The number of ether oxygens (including phenoxy) is 1. The average molecular weight is 413 g/mol. The van der Waals surface area contributed by atoms with Crippen molar-refractivity contribution in [1.82, 2.24) is 0 Å². The van der Waals surface area contributed by atoms with Crippen LogP contribution in [0.3, 0.4) is 0 Å². The van der Waals surface area contributed by atoms with E-state index in [0.29, 0.717) is 27.9 Å². The van der Waals surface area contributed by atoms with E-state index in [0.717, 1.165) is 0 Å². The van der Waals surface area contributed by atoms with Gasteiger partial charge in [-0.2, -0.15) is 0 Å². The third-order valence-corrected chi connectivity index (χ3v) is 4.04. The highest BCUT2D eigenvalue weighted by molar-refractivity contribution is 7.80. The van der Waals surface area contributed by atoms with E-state index in [1.165, 1.54) is 18.2 Å². The zero-order valence-corrected chi connectivity index (χ0v) is 15.9. The number of nitrogens with one attached hydrogen (secondary N) is 3. The van der Waals surface area contributed by atoms with Crippen molar-refractivity contribution in [3.05, 3.63) is 84.2 Å². The number of amides is 1. The number of hydrogen-bond acceptors (Lipinski definition) is 3. The molecule has 5 nitrogen and oxygen atoms in total. The second-order valence-corrected chi connectivity index (χ2v) is 6.28. The van der Waals surface area contributed by atoms with E-state index in [1.807, 2.05) is 0 Å². The van der Waals surface area contributed by atoms with Gasteiger partial charge in [0.05, 0.1) is 5.56 Å². The topological polar surface area (TPSA) is 62.4 Å². The number of anilines is 3. The quantitative estimate of drug-likeness (QED) is 0.485. The van der Waals surface area contributed by atoms with Gasteiger partial charge in [0.1, 0.15) is 11.6 Å². The van der Waals surface area contributed by atoms with Crippen molar-refractivity contribution in [2.45, 2.75) is 0 Å². The molecule has 0 fully saturated rings. The lowest BCUT2D eigenvalue weighted by Gasteiger charge is -2.12. The van der Waals surface area contributed by atoms with Crippen molar-refractivity contribution in [3.8, 4) is 5.75 Å². The normalized spacial score (nSPS) is 10.1. The Bertz CT molecular complexity index is 1010. The standard InChI is InChI=1S/C21H17F2N3O2S/c22-13-28-17-5-3-4-16(12-17)26-21(29)25-15-10-8-14(9-11-15)24-20(27)18-6-1-2-7-19(18)23/h1-12H,13H2,(H,24,27)(H2,25,26,29). The second-order valence-electron chi connectivity index (χ2n) is 5.87. The number of carbonyl (C=O) groups excluding carboxylic acids is 1. The maximum atomic E-state index is 13.7. The van der Waals surface area contributed by atoms with Crippen LogP contribution in [0.5, 0.6) is 5.75 Å². The van der Waals surface area contributed by atoms with E-state index in [1.54, 1.807) is 54.6 Å². The van der Waals surface area contributed by atoms with Gasteiger partial charge in [0.2, 0.25) is 6.86 Å². The van der Waals surface area contributed by atoms with Crippen LogP contribution >= 0.6 is 12.2 Å². The maximum Gasteiger partial charge on any atom is 0.258 e. The molecule has 29 heavy (non-hydrogen) atoms. The summed E-state index contributed by atoms with van der Waals surface area (Å²) in [7, 11) is 0. The number of rotatable bonds is 6. The Morgan fingerprint density at radius 2 is 1.52 bits per heavy atom. The van der Waals surface area contributed by atoms with E-state index in [2.05, 4.69) is 16.0 Å². The summed E-state index contributed by atoms with van der Waals surface area (Å²) in [5.74, 6) is -0.729. The molecule has 0 aromatic heterocycles. The van der Waals surface area contributed by atoms with Gasteiger partial charge in [-0.25, -0.2) is 8.78 Å². The van der Waals surface area contributed by atoms with Gasteiger partial charge in [0.15, 0.2) is 5.11 Å². The first-order valence-corrected chi connectivity index (χ1v) is 8.99. The molecule has 0 aliphatic heterocycles. The highest BCUT2D eigenvalue weighted by Crippen LogP contribution is 2.19. The summed E-state index contributed by atoms with van der Waals surface area (Å²) in [6.45, 7) is -0.911. The Labute approximate surface area is 171 Å². The highest BCUT2D eigenvalue weighted by Gasteiger charge is 2.11. The van der Waals surface area contributed by atoms with E-state index in [4.69, 9.17) is 17.0 Å². The minimum Gasteiger partial charge on any atom is -0.463 e. The van der Waals surface area contributed by atoms with Gasteiger partial charge < -0.3 is 20.7 Å². The molecule has 3 rings (SSSR count). The summed E-state index contributed by atoms with van der Waals surface area (Å²) in [6, 6.07) is 19.3. The number of halogens is 2. The maximum absolute atomic E-state index is 13.7. The van der Waals surface area contributed by atoms with Crippen LogP contribution in [0.4, 0.5) is 25.8 Å². The number of alkyl halides is 1. The minimum atomic E-state index is -0.911. The van der Waals surface area contributed by atoms with Gasteiger partial charge >= 0.3 is 0 Å². The zero-order valence-electron chi connectivity index (χ0n) is 15.1. The fourth-order valence-electron chi connectivity index (χ4n) is 2.50. The number of benzene rings is 3. The lowest BCUT2D eigenvalue weighted by molar-refractivity contribution is 0.102. The van der Waals surface area contributed by atoms with Crippen molar-refractivity contribution in [1.29, 1.82) is 0 Å². The summed E-state index contributed by atoms with van der Waals surface area (Å²) < 4.78 is 30.7. The summed E-state index contributed by atoms with van der Waals surface area (Å²) >= 11 is 5.26. The molecule has 8 heteroatoms. The van der Waals surface area contributed by atoms with Crippen molar-refractivity contribution in [2.75, 3.05) is 22.8 Å². The number of thiocarbonyl (C=S) groups is 1. The van der Waals surface area contributed by atoms with E-state index in [-0.39, 0.29) is 5.56 Å². The molecule has 0 bridgehead atoms. The van der Waals surface area contributed by atoms with Crippen molar-refractivity contribution in [2.24, 2.45) is 0 Å². The smallest absolute Gasteiger partial charge is 0.258 e. The molecule has 0 atom stereocenters. The van der Waals surface area contributed by atoms with Crippen molar-refractivity contribution >= 4 is 40.3 Å².